The van der Waals surface area contributed by atoms with Crippen molar-refractivity contribution in [1.82, 2.24) is 20.4 Å². The van der Waals surface area contributed by atoms with Crippen molar-refractivity contribution < 1.29 is 9.47 Å². The Bertz CT molecular complexity index is 904. The lowest BCUT2D eigenvalue weighted by Crippen LogP contribution is -2.50. The first-order valence-corrected chi connectivity index (χ1v) is 11.7. The number of aromatic nitrogens is 2. The smallest absolute Gasteiger partial charge is 0.191 e. The molecule has 0 saturated carbocycles. The molecule has 3 rings (SSSR count). The summed E-state index contributed by atoms with van der Waals surface area (Å²) >= 11 is 0. The van der Waals surface area contributed by atoms with E-state index in [9.17, 15) is 0 Å². The van der Waals surface area contributed by atoms with E-state index in [4.69, 9.17) is 9.47 Å². The predicted molar refractivity (Wildman–Crippen MR) is 145 cm³/mol. The van der Waals surface area contributed by atoms with Crippen LogP contribution in [-0.2, 0) is 23.6 Å². The third-order valence-corrected chi connectivity index (χ3v) is 6.60. The van der Waals surface area contributed by atoms with Crippen molar-refractivity contribution in [2.75, 3.05) is 33.4 Å². The molecule has 0 spiro atoms. The molecule has 2 aromatic rings. The molecule has 1 aromatic carbocycles. The van der Waals surface area contributed by atoms with Crippen molar-refractivity contribution in [3.8, 4) is 5.75 Å². The van der Waals surface area contributed by atoms with Gasteiger partial charge in [0.1, 0.15) is 5.75 Å². The second-order valence-corrected chi connectivity index (χ2v) is 8.80. The lowest BCUT2D eigenvalue weighted by molar-refractivity contribution is 0.0513. The molecular formula is C25H40IN5O2. The number of aryl methyl sites for hydroxylation is 2. The van der Waals surface area contributed by atoms with E-state index in [-0.39, 0.29) is 35.4 Å². The minimum atomic E-state index is 0. The van der Waals surface area contributed by atoms with Crippen LogP contribution < -0.4 is 15.4 Å². The minimum absolute atomic E-state index is 0. The molecule has 2 heterocycles. The van der Waals surface area contributed by atoms with Gasteiger partial charge in [-0.05, 0) is 70.2 Å². The second-order valence-electron chi connectivity index (χ2n) is 8.80. The summed E-state index contributed by atoms with van der Waals surface area (Å²) in [6.07, 6.45) is 2.87. The maximum absolute atomic E-state index is 5.69. The number of halogens is 1. The molecule has 33 heavy (non-hydrogen) atoms. The summed E-state index contributed by atoms with van der Waals surface area (Å²) in [6.45, 7) is 11.4. The van der Waals surface area contributed by atoms with Crippen LogP contribution >= 0.6 is 24.0 Å². The molecule has 1 aliphatic heterocycles. The van der Waals surface area contributed by atoms with E-state index >= 15 is 0 Å². The topological polar surface area (TPSA) is 72.7 Å². The minimum Gasteiger partial charge on any atom is -0.494 e. The number of guanidine groups is 1. The van der Waals surface area contributed by atoms with Crippen LogP contribution in [0.2, 0.25) is 0 Å². The fourth-order valence-electron chi connectivity index (χ4n) is 4.55. The summed E-state index contributed by atoms with van der Waals surface area (Å²) in [5, 5.41) is 11.7. The molecule has 1 saturated heterocycles. The monoisotopic (exact) mass is 569 g/mol. The zero-order valence-electron chi connectivity index (χ0n) is 20.9. The van der Waals surface area contributed by atoms with Crippen molar-refractivity contribution in [2.24, 2.45) is 12.0 Å². The maximum Gasteiger partial charge on any atom is 0.191 e. The zero-order chi connectivity index (χ0) is 23.1. The zero-order valence-corrected chi connectivity index (χ0v) is 23.2. The molecular weight excluding hydrogens is 529 g/mol. The number of aliphatic imine (C=N–C) groups is 1. The van der Waals surface area contributed by atoms with Gasteiger partial charge < -0.3 is 20.1 Å². The van der Waals surface area contributed by atoms with Crippen LogP contribution in [0, 0.1) is 13.8 Å². The van der Waals surface area contributed by atoms with E-state index in [2.05, 4.69) is 65.8 Å². The Morgan fingerprint density at radius 1 is 1.24 bits per heavy atom. The standard InChI is InChI=1S/C25H39N5O2.HI/c1-7-32-22-10-8-21(9-11-22)25(12-14-31-15-13-25)17-27-24(26-5)28-18(2)16-23-19(3)29-30(6)20(23)4;/h8-11,18H,7,12-17H2,1-6H3,(H2,26,27,28);1H. The van der Waals surface area contributed by atoms with Gasteiger partial charge >= 0.3 is 0 Å². The highest BCUT2D eigenvalue weighted by Gasteiger charge is 2.34. The van der Waals surface area contributed by atoms with Crippen molar-refractivity contribution in [1.29, 1.82) is 0 Å². The average molecular weight is 570 g/mol. The molecule has 0 aliphatic carbocycles. The Morgan fingerprint density at radius 2 is 1.91 bits per heavy atom. The molecule has 1 atom stereocenters. The first kappa shape index (κ1) is 27.4. The van der Waals surface area contributed by atoms with Gasteiger partial charge in [0.2, 0.25) is 0 Å². The van der Waals surface area contributed by atoms with E-state index in [0.29, 0.717) is 6.61 Å². The highest BCUT2D eigenvalue weighted by Crippen LogP contribution is 2.35. The highest BCUT2D eigenvalue weighted by molar-refractivity contribution is 14.0. The molecule has 0 amide bonds. The second kappa shape index (κ2) is 12.6. The third-order valence-electron chi connectivity index (χ3n) is 6.60. The number of hydrogen-bond donors (Lipinski definition) is 2. The van der Waals surface area contributed by atoms with Crippen LogP contribution in [0.15, 0.2) is 29.3 Å². The van der Waals surface area contributed by atoms with Crippen LogP contribution in [0.5, 0.6) is 5.75 Å². The number of benzene rings is 1. The Balaban J connectivity index is 0.00000385. The van der Waals surface area contributed by atoms with Crippen LogP contribution in [0.3, 0.4) is 0 Å². The fraction of sp³-hybridized carbons (Fsp3) is 0.600. The molecule has 8 heteroatoms. The first-order chi connectivity index (χ1) is 15.4. The number of nitrogens with zero attached hydrogens (tertiary/aromatic N) is 3. The third kappa shape index (κ3) is 6.85. The van der Waals surface area contributed by atoms with E-state index in [1.165, 1.54) is 16.8 Å². The number of rotatable bonds is 8. The summed E-state index contributed by atoms with van der Waals surface area (Å²) in [5.74, 6) is 1.74. The van der Waals surface area contributed by atoms with Gasteiger partial charge in [-0.15, -0.1) is 24.0 Å². The van der Waals surface area contributed by atoms with Crippen molar-refractivity contribution in [3.63, 3.8) is 0 Å². The van der Waals surface area contributed by atoms with Gasteiger partial charge in [-0.1, -0.05) is 12.1 Å². The van der Waals surface area contributed by atoms with Gasteiger partial charge in [0.25, 0.3) is 0 Å². The van der Waals surface area contributed by atoms with E-state index in [0.717, 1.165) is 56.4 Å². The summed E-state index contributed by atoms with van der Waals surface area (Å²) in [5.41, 5.74) is 4.95. The molecule has 0 radical (unpaired) electrons. The molecule has 1 aromatic heterocycles. The van der Waals surface area contributed by atoms with Gasteiger partial charge in [0.15, 0.2) is 5.96 Å². The van der Waals surface area contributed by atoms with E-state index in [1.807, 2.05) is 25.7 Å². The molecule has 2 N–H and O–H groups in total. The van der Waals surface area contributed by atoms with Crippen LogP contribution in [0.4, 0.5) is 0 Å². The van der Waals surface area contributed by atoms with Gasteiger partial charge in [-0.2, -0.15) is 5.10 Å². The Hall–Kier alpha value is -1.81. The molecule has 1 unspecified atom stereocenters. The quantitative estimate of drug-likeness (QED) is 0.287. The van der Waals surface area contributed by atoms with Gasteiger partial charge in [0, 0.05) is 51.0 Å². The van der Waals surface area contributed by atoms with Crippen LogP contribution in [0.1, 0.15) is 49.2 Å². The highest BCUT2D eigenvalue weighted by atomic mass is 127. The van der Waals surface area contributed by atoms with Crippen molar-refractivity contribution in [3.05, 3.63) is 46.8 Å². The van der Waals surface area contributed by atoms with Gasteiger partial charge in [-0.3, -0.25) is 9.67 Å². The molecule has 7 nitrogen and oxygen atoms in total. The Morgan fingerprint density at radius 3 is 2.45 bits per heavy atom. The Kier molecular flexibility index (Phi) is 10.5. The maximum atomic E-state index is 5.69. The van der Waals surface area contributed by atoms with E-state index in [1.54, 1.807) is 0 Å². The van der Waals surface area contributed by atoms with Crippen molar-refractivity contribution >= 4 is 29.9 Å². The summed E-state index contributed by atoms with van der Waals surface area (Å²) in [4.78, 5) is 4.49. The average Bonchev–Trinajstić information content (AvgIpc) is 3.03. The summed E-state index contributed by atoms with van der Waals surface area (Å²) < 4.78 is 13.3. The normalized spacial score (nSPS) is 16.6. The SMILES string of the molecule is CCOc1ccc(C2(CNC(=NC)NC(C)Cc3c(C)nn(C)c3C)CCOCC2)cc1.I. The number of ether oxygens (including phenoxy) is 2. The molecule has 0 bridgehead atoms. The molecule has 1 fully saturated rings. The number of hydrogen-bond acceptors (Lipinski definition) is 4. The summed E-state index contributed by atoms with van der Waals surface area (Å²) in [6, 6.07) is 8.78. The number of nitrogens with one attached hydrogen (secondary N) is 2. The summed E-state index contributed by atoms with van der Waals surface area (Å²) in [7, 11) is 3.83. The van der Waals surface area contributed by atoms with Gasteiger partial charge in [-0.25, -0.2) is 0 Å². The van der Waals surface area contributed by atoms with Crippen molar-refractivity contribution in [2.45, 2.75) is 58.4 Å². The molecule has 1 aliphatic rings. The van der Waals surface area contributed by atoms with E-state index < -0.39 is 0 Å². The van der Waals surface area contributed by atoms with Gasteiger partial charge in [0.05, 0.1) is 12.3 Å². The predicted octanol–water partition coefficient (Wildman–Crippen LogP) is 3.90. The lowest BCUT2D eigenvalue weighted by Gasteiger charge is -2.38. The van der Waals surface area contributed by atoms with Crippen LogP contribution in [-0.4, -0.2) is 55.2 Å². The van der Waals surface area contributed by atoms with Crippen LogP contribution in [0.25, 0.3) is 0 Å². The Labute approximate surface area is 215 Å². The fourth-order valence-corrected chi connectivity index (χ4v) is 4.55. The first-order valence-electron chi connectivity index (χ1n) is 11.7. The largest absolute Gasteiger partial charge is 0.494 e. The lowest BCUT2D eigenvalue weighted by atomic mass is 9.74. The molecule has 184 valence electrons.